The third-order valence-electron chi connectivity index (χ3n) is 5.40. The lowest BCUT2D eigenvalue weighted by Crippen LogP contribution is -2.42. The average Bonchev–Trinajstić information content (AvgIpc) is 3.09. The van der Waals surface area contributed by atoms with Gasteiger partial charge in [-0.15, -0.1) is 0 Å². The molecule has 132 valence electrons. The number of anilines is 1. The first-order chi connectivity index (χ1) is 12.3. The molecule has 1 aliphatic heterocycles. The molecular formula is C20H26N4O. The topological polar surface area (TPSA) is 59.9 Å². The summed E-state index contributed by atoms with van der Waals surface area (Å²) >= 11 is 0. The predicted octanol–water partition coefficient (Wildman–Crippen LogP) is 4.00. The van der Waals surface area contributed by atoms with Gasteiger partial charge in [-0.2, -0.15) is 0 Å². The molecule has 1 spiro atoms. The van der Waals surface area contributed by atoms with Gasteiger partial charge in [0, 0.05) is 30.6 Å². The van der Waals surface area contributed by atoms with E-state index in [0.717, 1.165) is 43.1 Å². The first-order valence-corrected chi connectivity index (χ1v) is 9.46. The molecule has 2 aliphatic rings. The second-order valence-corrected chi connectivity index (χ2v) is 7.21. The zero-order chi connectivity index (χ0) is 17.1. The van der Waals surface area contributed by atoms with Crippen molar-refractivity contribution in [1.82, 2.24) is 15.0 Å². The van der Waals surface area contributed by atoms with E-state index in [9.17, 15) is 0 Å². The van der Waals surface area contributed by atoms with Crippen LogP contribution < -0.4 is 5.32 Å². The maximum atomic E-state index is 6.15. The Bertz CT molecular complexity index is 713. The van der Waals surface area contributed by atoms with E-state index in [0.29, 0.717) is 11.9 Å². The molecule has 2 aromatic heterocycles. The first kappa shape index (κ1) is 16.5. The molecule has 4 rings (SSSR count). The number of rotatable bonds is 4. The zero-order valence-corrected chi connectivity index (χ0v) is 14.9. The third-order valence-corrected chi connectivity index (χ3v) is 5.40. The van der Waals surface area contributed by atoms with Crippen LogP contribution in [0.5, 0.6) is 0 Å². The molecule has 1 unspecified atom stereocenters. The minimum Gasteiger partial charge on any atom is -0.375 e. The summed E-state index contributed by atoms with van der Waals surface area (Å²) in [6.07, 6.45) is 9.78. The molecule has 1 saturated heterocycles. The second kappa shape index (κ2) is 7.08. The fourth-order valence-electron chi connectivity index (χ4n) is 4.09. The van der Waals surface area contributed by atoms with Gasteiger partial charge < -0.3 is 10.1 Å². The summed E-state index contributed by atoms with van der Waals surface area (Å²) in [5.41, 5.74) is 1.97. The molecule has 0 bridgehead atoms. The Balaban J connectivity index is 1.55. The van der Waals surface area contributed by atoms with Gasteiger partial charge in [0.25, 0.3) is 0 Å². The van der Waals surface area contributed by atoms with Gasteiger partial charge in [0.1, 0.15) is 11.5 Å². The molecule has 0 aromatic carbocycles. The molecule has 1 atom stereocenters. The SMILES string of the molecule is CCc1cc(NC2CCOC3(CCCC3)C2)nc(-c2ccccn2)n1. The van der Waals surface area contributed by atoms with Crippen LogP contribution in [-0.2, 0) is 11.2 Å². The van der Waals surface area contributed by atoms with E-state index in [1.807, 2.05) is 18.2 Å². The Labute approximate surface area is 149 Å². The summed E-state index contributed by atoms with van der Waals surface area (Å²) in [6, 6.07) is 8.34. The summed E-state index contributed by atoms with van der Waals surface area (Å²) in [7, 11) is 0. The Kier molecular flexibility index (Phi) is 4.66. The molecule has 1 N–H and O–H groups in total. The minimum absolute atomic E-state index is 0.111. The van der Waals surface area contributed by atoms with Crippen molar-refractivity contribution in [2.45, 2.75) is 63.5 Å². The van der Waals surface area contributed by atoms with Crippen molar-refractivity contribution in [3.8, 4) is 11.5 Å². The number of nitrogens with zero attached hydrogens (tertiary/aromatic N) is 3. The van der Waals surface area contributed by atoms with Gasteiger partial charge in [0.05, 0.1) is 5.60 Å². The lowest BCUT2D eigenvalue weighted by molar-refractivity contribution is -0.0767. The summed E-state index contributed by atoms with van der Waals surface area (Å²) in [6.45, 7) is 2.97. The highest BCUT2D eigenvalue weighted by Gasteiger charge is 2.39. The molecule has 2 aromatic rings. The Morgan fingerprint density at radius 1 is 1.24 bits per heavy atom. The van der Waals surface area contributed by atoms with E-state index in [-0.39, 0.29) is 5.60 Å². The fourth-order valence-corrected chi connectivity index (χ4v) is 4.09. The van der Waals surface area contributed by atoms with Crippen molar-refractivity contribution in [3.05, 3.63) is 36.2 Å². The van der Waals surface area contributed by atoms with Crippen LogP contribution in [0.1, 0.15) is 51.1 Å². The fraction of sp³-hybridized carbons (Fsp3) is 0.550. The van der Waals surface area contributed by atoms with Crippen molar-refractivity contribution >= 4 is 5.82 Å². The zero-order valence-electron chi connectivity index (χ0n) is 14.9. The molecule has 1 saturated carbocycles. The predicted molar refractivity (Wildman–Crippen MR) is 98.4 cm³/mol. The number of hydrogen-bond acceptors (Lipinski definition) is 5. The van der Waals surface area contributed by atoms with Crippen molar-refractivity contribution in [1.29, 1.82) is 0 Å². The minimum atomic E-state index is 0.111. The number of aromatic nitrogens is 3. The summed E-state index contributed by atoms with van der Waals surface area (Å²) in [5, 5.41) is 3.66. The van der Waals surface area contributed by atoms with Gasteiger partial charge in [-0.3, -0.25) is 4.98 Å². The largest absolute Gasteiger partial charge is 0.375 e. The molecule has 0 amide bonds. The highest BCUT2D eigenvalue weighted by Crippen LogP contribution is 2.40. The van der Waals surface area contributed by atoms with Crippen molar-refractivity contribution in [3.63, 3.8) is 0 Å². The van der Waals surface area contributed by atoms with Gasteiger partial charge in [0.2, 0.25) is 0 Å². The van der Waals surface area contributed by atoms with Crippen LogP contribution >= 0.6 is 0 Å². The van der Waals surface area contributed by atoms with Gasteiger partial charge in [-0.1, -0.05) is 25.8 Å². The quantitative estimate of drug-likeness (QED) is 0.913. The van der Waals surface area contributed by atoms with E-state index in [4.69, 9.17) is 9.72 Å². The van der Waals surface area contributed by atoms with E-state index in [1.54, 1.807) is 6.20 Å². The lowest BCUT2D eigenvalue weighted by atomic mass is 9.89. The number of nitrogens with one attached hydrogen (secondary N) is 1. The van der Waals surface area contributed by atoms with E-state index >= 15 is 0 Å². The number of pyridine rings is 1. The van der Waals surface area contributed by atoms with Gasteiger partial charge >= 0.3 is 0 Å². The van der Waals surface area contributed by atoms with Crippen LogP contribution in [0.25, 0.3) is 11.5 Å². The Hall–Kier alpha value is -2.01. The van der Waals surface area contributed by atoms with Crippen molar-refractivity contribution < 1.29 is 4.74 Å². The molecule has 5 nitrogen and oxygen atoms in total. The average molecular weight is 338 g/mol. The van der Waals surface area contributed by atoms with Gasteiger partial charge in [-0.05, 0) is 44.2 Å². The third kappa shape index (κ3) is 3.66. The molecule has 0 radical (unpaired) electrons. The lowest BCUT2D eigenvalue weighted by Gasteiger charge is -2.38. The van der Waals surface area contributed by atoms with Crippen LogP contribution in [0.15, 0.2) is 30.5 Å². The smallest absolute Gasteiger partial charge is 0.180 e. The highest BCUT2D eigenvalue weighted by molar-refractivity contribution is 5.53. The van der Waals surface area contributed by atoms with E-state index in [1.165, 1.54) is 25.7 Å². The summed E-state index contributed by atoms with van der Waals surface area (Å²) in [4.78, 5) is 13.8. The number of aryl methyl sites for hydroxylation is 1. The maximum Gasteiger partial charge on any atom is 0.180 e. The summed E-state index contributed by atoms with van der Waals surface area (Å²) < 4.78 is 6.15. The molecule has 25 heavy (non-hydrogen) atoms. The number of ether oxygens (including phenoxy) is 1. The van der Waals surface area contributed by atoms with E-state index < -0.39 is 0 Å². The van der Waals surface area contributed by atoms with Gasteiger partial charge in [0.15, 0.2) is 5.82 Å². The van der Waals surface area contributed by atoms with Crippen molar-refractivity contribution in [2.24, 2.45) is 0 Å². The summed E-state index contributed by atoms with van der Waals surface area (Å²) in [5.74, 6) is 1.61. The van der Waals surface area contributed by atoms with Crippen LogP contribution in [0.2, 0.25) is 0 Å². The highest BCUT2D eigenvalue weighted by atomic mass is 16.5. The van der Waals surface area contributed by atoms with Crippen LogP contribution in [0.4, 0.5) is 5.82 Å². The normalized spacial score (nSPS) is 22.2. The van der Waals surface area contributed by atoms with Crippen LogP contribution in [0, 0.1) is 0 Å². The van der Waals surface area contributed by atoms with E-state index in [2.05, 4.69) is 28.3 Å². The Morgan fingerprint density at radius 2 is 2.12 bits per heavy atom. The molecule has 1 aliphatic carbocycles. The Morgan fingerprint density at radius 3 is 2.88 bits per heavy atom. The standard InChI is InChI=1S/C20H26N4O/c1-2-15-13-18(24-19(23-15)17-7-3-6-11-21-17)22-16-8-12-25-20(14-16)9-4-5-10-20/h3,6-7,11,13,16H,2,4-5,8-10,12,14H2,1H3,(H,22,23,24). The van der Waals surface area contributed by atoms with Crippen LogP contribution in [-0.4, -0.2) is 33.2 Å². The second-order valence-electron chi connectivity index (χ2n) is 7.21. The van der Waals surface area contributed by atoms with Crippen molar-refractivity contribution in [2.75, 3.05) is 11.9 Å². The maximum absolute atomic E-state index is 6.15. The van der Waals surface area contributed by atoms with Crippen LogP contribution in [0.3, 0.4) is 0 Å². The number of hydrogen-bond donors (Lipinski definition) is 1. The molecular weight excluding hydrogens is 312 g/mol. The molecule has 2 fully saturated rings. The molecule has 5 heteroatoms. The first-order valence-electron chi connectivity index (χ1n) is 9.46. The van der Waals surface area contributed by atoms with Gasteiger partial charge in [-0.25, -0.2) is 9.97 Å². The molecule has 3 heterocycles. The monoisotopic (exact) mass is 338 g/mol.